The molecule has 0 spiro atoms. The molecule has 3 nitrogen and oxygen atoms in total. The van der Waals surface area contributed by atoms with Gasteiger partial charge in [-0.15, -0.1) is 11.3 Å². The highest BCUT2D eigenvalue weighted by Crippen LogP contribution is 2.36. The minimum Gasteiger partial charge on any atom is -0.268 e. The third-order valence-corrected chi connectivity index (χ3v) is 3.88. The van der Waals surface area contributed by atoms with E-state index in [0.717, 1.165) is 16.2 Å². The molecule has 0 fully saturated rings. The number of benzene rings is 1. The first-order valence-corrected chi connectivity index (χ1v) is 6.21. The first kappa shape index (κ1) is 11.4. The Morgan fingerprint density at radius 2 is 1.89 bits per heavy atom. The third-order valence-electron chi connectivity index (χ3n) is 2.63. The molecule has 0 bridgehead atoms. The van der Waals surface area contributed by atoms with Crippen LogP contribution in [0.5, 0.6) is 0 Å². The molecule has 1 aromatic heterocycles. The predicted octanol–water partition coefficient (Wildman–Crippen LogP) is 3.34. The molecule has 1 aliphatic rings. The minimum atomic E-state index is -0.611. The van der Waals surface area contributed by atoms with E-state index in [-0.39, 0.29) is 16.1 Å². The van der Waals surface area contributed by atoms with E-state index in [1.54, 1.807) is 6.07 Å². The van der Waals surface area contributed by atoms with Gasteiger partial charge in [-0.1, -0.05) is 23.7 Å². The molecule has 90 valence electrons. The number of rotatable bonds is 1. The van der Waals surface area contributed by atoms with E-state index in [1.165, 1.54) is 24.3 Å². The van der Waals surface area contributed by atoms with Gasteiger partial charge in [0.1, 0.15) is 10.7 Å². The fraction of sp³-hybridized carbons (Fsp3) is 0. The van der Waals surface area contributed by atoms with E-state index in [4.69, 9.17) is 11.6 Å². The van der Waals surface area contributed by atoms with Gasteiger partial charge in [0.2, 0.25) is 0 Å². The lowest BCUT2D eigenvalue weighted by atomic mass is 10.2. The number of para-hydroxylation sites is 1. The van der Waals surface area contributed by atoms with Crippen LogP contribution in [0.4, 0.5) is 10.1 Å². The minimum absolute atomic E-state index is 0.0352. The summed E-state index contributed by atoms with van der Waals surface area (Å²) in [4.78, 5) is 25.2. The normalized spacial score (nSPS) is 14.2. The predicted molar refractivity (Wildman–Crippen MR) is 66.9 cm³/mol. The van der Waals surface area contributed by atoms with Crippen molar-refractivity contribution in [3.63, 3.8) is 0 Å². The summed E-state index contributed by atoms with van der Waals surface area (Å²) in [5.74, 6) is -1.68. The largest absolute Gasteiger partial charge is 0.276 e. The van der Waals surface area contributed by atoms with Crippen molar-refractivity contribution in [2.75, 3.05) is 4.90 Å². The fourth-order valence-corrected chi connectivity index (χ4v) is 2.99. The second-order valence-electron chi connectivity index (χ2n) is 3.69. The van der Waals surface area contributed by atoms with E-state index in [1.807, 2.05) is 0 Å². The van der Waals surface area contributed by atoms with Crippen LogP contribution in [0.1, 0.15) is 20.0 Å². The van der Waals surface area contributed by atoms with E-state index in [9.17, 15) is 14.0 Å². The van der Waals surface area contributed by atoms with E-state index >= 15 is 0 Å². The van der Waals surface area contributed by atoms with Crippen LogP contribution in [0, 0.1) is 5.82 Å². The van der Waals surface area contributed by atoms with Gasteiger partial charge in [0.05, 0.1) is 15.6 Å². The van der Waals surface area contributed by atoms with Crippen molar-refractivity contribution in [1.29, 1.82) is 0 Å². The van der Waals surface area contributed by atoms with Crippen LogP contribution in [-0.2, 0) is 0 Å². The van der Waals surface area contributed by atoms with Crippen LogP contribution in [0.15, 0.2) is 30.3 Å². The lowest BCUT2D eigenvalue weighted by molar-refractivity contribution is 0.0926. The second kappa shape index (κ2) is 3.90. The molecule has 18 heavy (non-hydrogen) atoms. The number of amides is 2. The second-order valence-corrected chi connectivity index (χ2v) is 5.37. The number of carbonyl (C=O) groups is 2. The van der Waals surface area contributed by atoms with Gasteiger partial charge in [0.15, 0.2) is 0 Å². The maximum Gasteiger partial charge on any atom is 0.276 e. The molecule has 0 saturated heterocycles. The quantitative estimate of drug-likeness (QED) is 0.752. The maximum atomic E-state index is 13.6. The molecule has 2 aromatic rings. The number of thiophene rings is 1. The van der Waals surface area contributed by atoms with Crippen molar-refractivity contribution in [3.05, 3.63) is 50.9 Å². The van der Waals surface area contributed by atoms with Crippen LogP contribution in [0.3, 0.4) is 0 Å². The molecule has 2 amide bonds. The Balaban J connectivity index is 2.13. The van der Waals surface area contributed by atoms with Crippen LogP contribution < -0.4 is 4.90 Å². The van der Waals surface area contributed by atoms with Crippen LogP contribution >= 0.6 is 22.9 Å². The van der Waals surface area contributed by atoms with Crippen molar-refractivity contribution in [2.24, 2.45) is 0 Å². The van der Waals surface area contributed by atoms with Crippen molar-refractivity contribution in [2.45, 2.75) is 0 Å². The molecule has 0 atom stereocenters. The zero-order chi connectivity index (χ0) is 12.9. The SMILES string of the molecule is O=C1c2cc(Cl)sc2C(=O)N1c1ccccc1F. The Labute approximate surface area is 110 Å². The first-order chi connectivity index (χ1) is 8.59. The standard InChI is InChI=1S/C12H5ClFNO2S/c13-9-5-6-10(18-9)12(17)15(11(6)16)8-4-2-1-3-7(8)14/h1-5H. The molecule has 1 aromatic carbocycles. The maximum absolute atomic E-state index is 13.6. The van der Waals surface area contributed by atoms with Gasteiger partial charge in [-0.2, -0.15) is 0 Å². The molecule has 1 aliphatic heterocycles. The Morgan fingerprint density at radius 1 is 1.17 bits per heavy atom. The number of imide groups is 1. The molecule has 0 radical (unpaired) electrons. The first-order valence-electron chi connectivity index (χ1n) is 5.02. The summed E-state index contributed by atoms with van der Waals surface area (Å²) in [7, 11) is 0. The van der Waals surface area contributed by atoms with Crippen molar-refractivity contribution < 1.29 is 14.0 Å². The molecule has 2 heterocycles. The van der Waals surface area contributed by atoms with Crippen molar-refractivity contribution in [1.82, 2.24) is 0 Å². The Bertz CT molecular complexity index is 649. The summed E-state index contributed by atoms with van der Waals surface area (Å²) in [6.07, 6.45) is 0. The number of anilines is 1. The smallest absolute Gasteiger partial charge is 0.268 e. The van der Waals surface area contributed by atoms with Gasteiger partial charge in [0.25, 0.3) is 11.8 Å². The molecule has 0 saturated carbocycles. The zero-order valence-electron chi connectivity index (χ0n) is 8.81. The van der Waals surface area contributed by atoms with Crippen LogP contribution in [0.2, 0.25) is 4.34 Å². The Hall–Kier alpha value is -1.72. The summed E-state index contributed by atoms with van der Waals surface area (Å²) in [6, 6.07) is 7.09. The van der Waals surface area contributed by atoms with Gasteiger partial charge < -0.3 is 0 Å². The number of hydrogen-bond acceptors (Lipinski definition) is 3. The third kappa shape index (κ3) is 1.48. The monoisotopic (exact) mass is 281 g/mol. The topological polar surface area (TPSA) is 37.4 Å². The number of fused-ring (bicyclic) bond motifs is 1. The fourth-order valence-electron chi connectivity index (χ4n) is 1.84. The van der Waals surface area contributed by atoms with E-state index < -0.39 is 17.6 Å². The average Bonchev–Trinajstić information content (AvgIpc) is 2.82. The van der Waals surface area contributed by atoms with Crippen molar-refractivity contribution in [3.8, 4) is 0 Å². The van der Waals surface area contributed by atoms with Gasteiger partial charge in [0, 0.05) is 0 Å². The number of nitrogens with zero attached hydrogens (tertiary/aromatic N) is 1. The summed E-state index contributed by atoms with van der Waals surface area (Å²) >= 11 is 6.78. The number of carbonyl (C=O) groups excluding carboxylic acids is 2. The van der Waals surface area contributed by atoms with E-state index in [2.05, 4.69) is 0 Å². The Morgan fingerprint density at radius 3 is 2.56 bits per heavy atom. The molecule has 6 heteroatoms. The van der Waals surface area contributed by atoms with Crippen LogP contribution in [0.25, 0.3) is 0 Å². The number of hydrogen-bond donors (Lipinski definition) is 0. The lowest BCUT2D eigenvalue weighted by Crippen LogP contribution is -2.30. The van der Waals surface area contributed by atoms with Crippen molar-refractivity contribution >= 4 is 40.4 Å². The molecule has 0 N–H and O–H groups in total. The highest BCUT2D eigenvalue weighted by Gasteiger charge is 2.39. The van der Waals surface area contributed by atoms with Crippen LogP contribution in [-0.4, -0.2) is 11.8 Å². The molecule has 0 unspecified atom stereocenters. The van der Waals surface area contributed by atoms with Gasteiger partial charge >= 0.3 is 0 Å². The molecular weight excluding hydrogens is 277 g/mol. The molecular formula is C12H5ClFNO2S. The number of halogens is 2. The average molecular weight is 282 g/mol. The molecule has 0 aliphatic carbocycles. The van der Waals surface area contributed by atoms with Gasteiger partial charge in [-0.05, 0) is 18.2 Å². The van der Waals surface area contributed by atoms with Gasteiger partial charge in [-0.3, -0.25) is 9.59 Å². The lowest BCUT2D eigenvalue weighted by Gasteiger charge is -2.14. The summed E-state index contributed by atoms with van der Waals surface area (Å²) in [5.41, 5.74) is 0.199. The zero-order valence-corrected chi connectivity index (χ0v) is 10.4. The molecule has 3 rings (SSSR count). The highest BCUT2D eigenvalue weighted by atomic mass is 35.5. The van der Waals surface area contributed by atoms with E-state index in [0.29, 0.717) is 4.34 Å². The summed E-state index contributed by atoms with van der Waals surface area (Å²) in [6.45, 7) is 0. The summed E-state index contributed by atoms with van der Waals surface area (Å²) < 4.78 is 14.0. The highest BCUT2D eigenvalue weighted by molar-refractivity contribution is 7.18. The Kier molecular flexibility index (Phi) is 2.46. The summed E-state index contributed by atoms with van der Waals surface area (Å²) in [5, 5.41) is 0. The van der Waals surface area contributed by atoms with Gasteiger partial charge in [-0.25, -0.2) is 9.29 Å².